The van der Waals surface area contributed by atoms with Crippen molar-refractivity contribution in [3.8, 4) is 32.8 Å². The highest BCUT2D eigenvalue weighted by molar-refractivity contribution is 7.19. The summed E-state index contributed by atoms with van der Waals surface area (Å²) in [5, 5.41) is 3.58. The van der Waals surface area contributed by atoms with Gasteiger partial charge in [-0.2, -0.15) is 0 Å². The van der Waals surface area contributed by atoms with Crippen molar-refractivity contribution >= 4 is 22.4 Å². The van der Waals surface area contributed by atoms with Crippen LogP contribution in [0.15, 0.2) is 109 Å². The van der Waals surface area contributed by atoms with Gasteiger partial charge >= 0.3 is 0 Å². The number of thiazole rings is 1. The average molecular weight is 447 g/mol. The SMILES string of the molecule is Cc1cccc(C(=O)Nc2nc(-c3ccccc3)c(-c3ccc(-c4ccccc4)cc3)s2)c1. The van der Waals surface area contributed by atoms with Gasteiger partial charge in [-0.15, -0.1) is 0 Å². The van der Waals surface area contributed by atoms with Crippen LogP contribution in [0.3, 0.4) is 0 Å². The van der Waals surface area contributed by atoms with Crippen LogP contribution in [0.25, 0.3) is 32.8 Å². The summed E-state index contributed by atoms with van der Waals surface area (Å²) < 4.78 is 0. The standard InChI is InChI=1S/C29H22N2OS/c1-20-9-8-14-25(19-20)28(32)31-29-30-26(23-12-6-3-7-13-23)27(33-29)24-17-15-22(16-18-24)21-10-4-2-5-11-21/h2-19H,1H3,(H,30,31,32). The van der Waals surface area contributed by atoms with Gasteiger partial charge in [0.2, 0.25) is 0 Å². The van der Waals surface area contributed by atoms with Gasteiger partial charge in [0.05, 0.1) is 10.6 Å². The summed E-state index contributed by atoms with van der Waals surface area (Å²) in [4.78, 5) is 18.7. The van der Waals surface area contributed by atoms with E-state index in [1.165, 1.54) is 16.9 Å². The fourth-order valence-corrected chi connectivity index (χ4v) is 4.75. The Hall–Kier alpha value is -4.02. The lowest BCUT2D eigenvalue weighted by atomic mass is 10.0. The maximum atomic E-state index is 12.8. The van der Waals surface area contributed by atoms with Gasteiger partial charge in [-0.1, -0.05) is 114 Å². The molecule has 0 saturated carbocycles. The molecule has 0 aliphatic carbocycles. The molecular formula is C29H22N2OS. The molecule has 4 aromatic carbocycles. The van der Waals surface area contributed by atoms with Crippen LogP contribution >= 0.6 is 11.3 Å². The lowest BCUT2D eigenvalue weighted by Crippen LogP contribution is -2.11. The second kappa shape index (κ2) is 9.23. The summed E-state index contributed by atoms with van der Waals surface area (Å²) in [5.74, 6) is -0.155. The van der Waals surface area contributed by atoms with Gasteiger partial charge in [-0.3, -0.25) is 10.1 Å². The first-order valence-electron chi connectivity index (χ1n) is 10.8. The number of carbonyl (C=O) groups excluding carboxylic acids is 1. The zero-order valence-corrected chi connectivity index (χ0v) is 19.0. The van der Waals surface area contributed by atoms with E-state index in [1.54, 1.807) is 0 Å². The Labute approximate surface area is 197 Å². The third-order valence-electron chi connectivity index (χ3n) is 5.43. The lowest BCUT2D eigenvalue weighted by molar-refractivity contribution is 0.102. The van der Waals surface area contributed by atoms with Crippen LogP contribution in [0.4, 0.5) is 5.13 Å². The monoisotopic (exact) mass is 446 g/mol. The largest absolute Gasteiger partial charge is 0.298 e. The fraction of sp³-hybridized carbons (Fsp3) is 0.0345. The van der Waals surface area contributed by atoms with E-state index in [2.05, 4.69) is 41.7 Å². The molecule has 4 heteroatoms. The van der Waals surface area contributed by atoms with E-state index in [0.717, 1.165) is 32.8 Å². The second-order valence-corrected chi connectivity index (χ2v) is 8.83. The first-order valence-corrected chi connectivity index (χ1v) is 11.6. The van der Waals surface area contributed by atoms with E-state index in [9.17, 15) is 4.79 Å². The van der Waals surface area contributed by atoms with Crippen molar-refractivity contribution in [2.45, 2.75) is 6.92 Å². The van der Waals surface area contributed by atoms with Crippen LogP contribution < -0.4 is 5.32 Å². The predicted octanol–water partition coefficient (Wildman–Crippen LogP) is 7.70. The van der Waals surface area contributed by atoms with Crippen molar-refractivity contribution in [3.05, 3.63) is 120 Å². The van der Waals surface area contributed by atoms with Crippen LogP contribution in [-0.2, 0) is 0 Å². The van der Waals surface area contributed by atoms with Gasteiger partial charge < -0.3 is 0 Å². The molecule has 0 bridgehead atoms. The number of benzene rings is 4. The van der Waals surface area contributed by atoms with Crippen molar-refractivity contribution in [1.29, 1.82) is 0 Å². The molecule has 0 saturated heterocycles. The number of hydrogen-bond donors (Lipinski definition) is 1. The Kier molecular flexibility index (Phi) is 5.83. The van der Waals surface area contributed by atoms with E-state index in [1.807, 2.05) is 79.7 Å². The number of rotatable bonds is 5. The van der Waals surface area contributed by atoms with Crippen LogP contribution in [0, 0.1) is 6.92 Å². The summed E-state index contributed by atoms with van der Waals surface area (Å²) in [5.41, 5.74) is 6.98. The van der Waals surface area contributed by atoms with E-state index in [-0.39, 0.29) is 5.91 Å². The van der Waals surface area contributed by atoms with Crippen molar-refractivity contribution in [2.24, 2.45) is 0 Å². The van der Waals surface area contributed by atoms with Gasteiger partial charge in [0, 0.05) is 11.1 Å². The third-order valence-corrected chi connectivity index (χ3v) is 6.45. The Morgan fingerprint density at radius 3 is 1.97 bits per heavy atom. The average Bonchev–Trinajstić information content (AvgIpc) is 3.29. The quantitative estimate of drug-likeness (QED) is 0.300. The van der Waals surface area contributed by atoms with E-state index < -0.39 is 0 Å². The summed E-state index contributed by atoms with van der Waals surface area (Å²) in [6.07, 6.45) is 0. The first kappa shape index (κ1) is 20.9. The molecule has 0 aliphatic rings. The Bertz CT molecular complexity index is 1390. The number of nitrogens with zero attached hydrogens (tertiary/aromatic N) is 1. The zero-order valence-electron chi connectivity index (χ0n) is 18.2. The van der Waals surface area contributed by atoms with Gasteiger partial charge in [-0.25, -0.2) is 4.98 Å². The topological polar surface area (TPSA) is 42.0 Å². The van der Waals surface area contributed by atoms with Crippen LogP contribution in [0.5, 0.6) is 0 Å². The highest BCUT2D eigenvalue weighted by atomic mass is 32.1. The Morgan fingerprint density at radius 2 is 1.30 bits per heavy atom. The molecule has 0 atom stereocenters. The highest BCUT2D eigenvalue weighted by Gasteiger charge is 2.17. The summed E-state index contributed by atoms with van der Waals surface area (Å²) >= 11 is 1.49. The molecule has 1 aromatic heterocycles. The maximum Gasteiger partial charge on any atom is 0.257 e. The number of aromatic nitrogens is 1. The Balaban J connectivity index is 1.51. The first-order chi connectivity index (χ1) is 16.2. The van der Waals surface area contributed by atoms with E-state index >= 15 is 0 Å². The van der Waals surface area contributed by atoms with Crippen LogP contribution in [0.1, 0.15) is 15.9 Å². The van der Waals surface area contributed by atoms with Crippen molar-refractivity contribution < 1.29 is 4.79 Å². The minimum atomic E-state index is -0.155. The number of aryl methyl sites for hydroxylation is 1. The smallest absolute Gasteiger partial charge is 0.257 e. The molecule has 1 amide bonds. The maximum absolute atomic E-state index is 12.8. The molecule has 3 nitrogen and oxygen atoms in total. The molecule has 1 N–H and O–H groups in total. The van der Waals surface area contributed by atoms with Gasteiger partial charge in [0.1, 0.15) is 0 Å². The molecular weight excluding hydrogens is 424 g/mol. The summed E-state index contributed by atoms with van der Waals surface area (Å²) in [7, 11) is 0. The minimum Gasteiger partial charge on any atom is -0.298 e. The highest BCUT2D eigenvalue weighted by Crippen LogP contribution is 2.39. The minimum absolute atomic E-state index is 0.155. The zero-order chi connectivity index (χ0) is 22.6. The molecule has 0 fully saturated rings. The third kappa shape index (κ3) is 4.61. The molecule has 0 aliphatic heterocycles. The van der Waals surface area contributed by atoms with Gasteiger partial charge in [-0.05, 0) is 35.7 Å². The Morgan fingerprint density at radius 1 is 0.697 bits per heavy atom. The molecule has 0 spiro atoms. The molecule has 160 valence electrons. The van der Waals surface area contributed by atoms with Crippen molar-refractivity contribution in [1.82, 2.24) is 4.98 Å². The molecule has 33 heavy (non-hydrogen) atoms. The molecule has 1 heterocycles. The lowest BCUT2D eigenvalue weighted by Gasteiger charge is -2.05. The summed E-state index contributed by atoms with van der Waals surface area (Å²) in [6, 6.07) is 36.5. The summed E-state index contributed by atoms with van der Waals surface area (Å²) in [6.45, 7) is 1.98. The van der Waals surface area contributed by atoms with Crippen molar-refractivity contribution in [3.63, 3.8) is 0 Å². The molecule has 5 aromatic rings. The number of anilines is 1. The molecule has 5 rings (SSSR count). The van der Waals surface area contributed by atoms with Crippen molar-refractivity contribution in [2.75, 3.05) is 5.32 Å². The van der Waals surface area contributed by atoms with Crippen LogP contribution in [-0.4, -0.2) is 10.9 Å². The van der Waals surface area contributed by atoms with E-state index in [0.29, 0.717) is 10.7 Å². The number of carbonyl (C=O) groups is 1. The molecule has 0 radical (unpaired) electrons. The van der Waals surface area contributed by atoms with Crippen LogP contribution in [0.2, 0.25) is 0 Å². The van der Waals surface area contributed by atoms with Gasteiger partial charge in [0.25, 0.3) is 5.91 Å². The van der Waals surface area contributed by atoms with Gasteiger partial charge in [0.15, 0.2) is 5.13 Å². The number of hydrogen-bond acceptors (Lipinski definition) is 3. The number of nitrogens with one attached hydrogen (secondary N) is 1. The number of amides is 1. The fourth-order valence-electron chi connectivity index (χ4n) is 3.76. The second-order valence-electron chi connectivity index (χ2n) is 7.83. The van der Waals surface area contributed by atoms with E-state index in [4.69, 9.17) is 4.98 Å². The predicted molar refractivity (Wildman–Crippen MR) is 138 cm³/mol. The molecule has 0 unspecified atom stereocenters. The normalized spacial score (nSPS) is 10.7.